The number of nitrogens with one attached hydrogen (secondary N) is 3. The lowest BCUT2D eigenvalue weighted by atomic mass is 10.0. The normalized spacial score (nSPS) is 19.1. The molecule has 4 N–H and O–H groups in total. The molecular weight excluding hydrogens is 516 g/mol. The van der Waals surface area contributed by atoms with Gasteiger partial charge in [-0.25, -0.2) is 9.59 Å². The molecule has 1 aromatic carbocycles. The van der Waals surface area contributed by atoms with Crippen molar-refractivity contribution in [2.45, 2.75) is 77.6 Å². The van der Waals surface area contributed by atoms with Crippen LogP contribution in [0.5, 0.6) is 0 Å². The molecule has 11 nitrogen and oxygen atoms in total. The second kappa shape index (κ2) is 14.2. The highest BCUT2D eigenvalue weighted by Crippen LogP contribution is 2.20. The van der Waals surface area contributed by atoms with E-state index in [0.29, 0.717) is 37.8 Å². The number of hydrogen-bond donors (Lipinski definition) is 4. The maximum atomic E-state index is 13.3. The van der Waals surface area contributed by atoms with Crippen LogP contribution in [0, 0.1) is 11.8 Å². The van der Waals surface area contributed by atoms with Crippen LogP contribution in [0.15, 0.2) is 34.7 Å². The number of methoxy groups -OCH3 is 1. The van der Waals surface area contributed by atoms with E-state index in [4.69, 9.17) is 9.15 Å². The first-order chi connectivity index (χ1) is 19.0. The van der Waals surface area contributed by atoms with Gasteiger partial charge in [-0.2, -0.15) is 0 Å². The maximum absolute atomic E-state index is 13.3. The van der Waals surface area contributed by atoms with E-state index in [-0.39, 0.29) is 24.1 Å². The number of furan rings is 1. The maximum Gasteiger partial charge on any atom is 0.328 e. The zero-order chi connectivity index (χ0) is 29.4. The summed E-state index contributed by atoms with van der Waals surface area (Å²) in [5.41, 5.74) is 0.579. The summed E-state index contributed by atoms with van der Waals surface area (Å²) in [6.07, 6.45) is 0.743. The highest BCUT2D eigenvalue weighted by Gasteiger charge is 2.33. The summed E-state index contributed by atoms with van der Waals surface area (Å²) in [6.45, 7) is 8.11. The summed E-state index contributed by atoms with van der Waals surface area (Å²) in [5, 5.41) is 20.1. The lowest BCUT2D eigenvalue weighted by molar-refractivity contribution is -0.143. The van der Waals surface area contributed by atoms with E-state index in [1.807, 2.05) is 45.9 Å². The van der Waals surface area contributed by atoms with Crippen molar-refractivity contribution in [3.8, 4) is 0 Å². The van der Waals surface area contributed by atoms with Gasteiger partial charge in [0.1, 0.15) is 17.7 Å². The fraction of sp³-hybridized carbons (Fsp3) is 0.586. The Kier molecular flexibility index (Phi) is 10.9. The molecule has 0 saturated carbocycles. The Bertz CT molecular complexity index is 1150. The summed E-state index contributed by atoms with van der Waals surface area (Å²) in [5.74, 6) is -1.06. The molecular formula is C29H42N4O7. The molecule has 11 heteroatoms. The minimum Gasteiger partial charge on any atom is -0.467 e. The predicted molar refractivity (Wildman–Crippen MR) is 149 cm³/mol. The van der Waals surface area contributed by atoms with Crippen molar-refractivity contribution >= 4 is 34.8 Å². The third-order valence-corrected chi connectivity index (χ3v) is 6.90. The van der Waals surface area contributed by atoms with Gasteiger partial charge in [0, 0.05) is 11.9 Å². The number of urea groups is 1. The molecule has 40 heavy (non-hydrogen) atoms. The van der Waals surface area contributed by atoms with E-state index in [0.717, 1.165) is 5.39 Å². The largest absolute Gasteiger partial charge is 0.467 e. The van der Waals surface area contributed by atoms with Crippen molar-refractivity contribution in [2.75, 3.05) is 20.2 Å². The lowest BCUT2D eigenvalue weighted by Gasteiger charge is -2.28. The second-order valence-corrected chi connectivity index (χ2v) is 11.2. The molecule has 1 aromatic heterocycles. The van der Waals surface area contributed by atoms with Crippen molar-refractivity contribution in [3.63, 3.8) is 0 Å². The molecule has 1 saturated heterocycles. The second-order valence-electron chi connectivity index (χ2n) is 11.2. The number of β-amino-alcohol motifs (C(OH)–C–C–N with tert-alkyl or cyclic N) is 1. The Morgan fingerprint density at radius 1 is 1.05 bits per heavy atom. The quantitative estimate of drug-likeness (QED) is 0.328. The zero-order valence-electron chi connectivity index (χ0n) is 23.9. The number of fused-ring (bicyclic) bond motifs is 1. The zero-order valence-corrected chi connectivity index (χ0v) is 23.9. The summed E-state index contributed by atoms with van der Waals surface area (Å²) in [7, 11) is 1.27. The number of benzene rings is 1. The number of aliphatic hydroxyl groups excluding tert-OH is 1. The third-order valence-electron chi connectivity index (χ3n) is 6.90. The van der Waals surface area contributed by atoms with E-state index >= 15 is 0 Å². The standard InChI is InChI=1S/C29H42N4O7/c1-17(2)13-21(31-27(36)25-15-19-9-6-7-11-24(19)40-25)26(35)30-20-10-8-12-33(16-23(20)34)29(38)32-22(14-18(3)4)28(37)39-5/h6-7,9,11,15,17-18,20-23,34H,8,10,12-14,16H2,1-5H3,(H,30,35)(H,31,36)(H,32,38)/t20?,21-,22?,23+/m0/s1. The fourth-order valence-electron chi connectivity index (χ4n) is 4.87. The Balaban J connectivity index is 1.63. The minimum atomic E-state index is -1.04. The van der Waals surface area contributed by atoms with Gasteiger partial charge in [0.15, 0.2) is 5.76 Å². The Hall–Kier alpha value is -3.60. The molecule has 4 amide bonds. The Labute approximate surface area is 235 Å². The summed E-state index contributed by atoms with van der Waals surface area (Å²) < 4.78 is 10.5. The molecule has 0 aliphatic carbocycles. The van der Waals surface area contributed by atoms with Gasteiger partial charge in [-0.3, -0.25) is 9.59 Å². The molecule has 0 radical (unpaired) electrons. The van der Waals surface area contributed by atoms with Crippen LogP contribution in [0.3, 0.4) is 0 Å². The molecule has 2 heterocycles. The molecule has 220 valence electrons. The van der Waals surface area contributed by atoms with Crippen molar-refractivity contribution in [2.24, 2.45) is 11.8 Å². The van der Waals surface area contributed by atoms with E-state index in [1.54, 1.807) is 12.1 Å². The average molecular weight is 559 g/mol. The van der Waals surface area contributed by atoms with Crippen molar-refractivity contribution in [1.82, 2.24) is 20.9 Å². The van der Waals surface area contributed by atoms with Gasteiger partial charge >= 0.3 is 12.0 Å². The third kappa shape index (κ3) is 8.45. The first-order valence-corrected chi connectivity index (χ1v) is 13.9. The number of amides is 4. The SMILES string of the molecule is COC(=O)C(CC(C)C)NC(=O)N1CCCC(NC(=O)[C@H](CC(C)C)NC(=O)c2cc3ccccc3o2)[C@H](O)C1. The molecule has 0 spiro atoms. The van der Waals surface area contributed by atoms with Crippen LogP contribution in [-0.4, -0.2) is 78.3 Å². The number of carbonyl (C=O) groups excluding carboxylic acids is 4. The van der Waals surface area contributed by atoms with Crippen LogP contribution in [-0.2, 0) is 14.3 Å². The number of esters is 1. The first kappa shape index (κ1) is 30.9. The number of likely N-dealkylation sites (tertiary alicyclic amines) is 1. The predicted octanol–water partition coefficient (Wildman–Crippen LogP) is 2.82. The van der Waals surface area contributed by atoms with Gasteiger partial charge in [0.25, 0.3) is 5.91 Å². The fourth-order valence-corrected chi connectivity index (χ4v) is 4.87. The van der Waals surface area contributed by atoms with Gasteiger partial charge in [0.2, 0.25) is 5.91 Å². The molecule has 0 bridgehead atoms. The van der Waals surface area contributed by atoms with Crippen LogP contribution in [0.4, 0.5) is 4.79 Å². The number of carbonyl (C=O) groups is 4. The minimum absolute atomic E-state index is 0.0213. The van der Waals surface area contributed by atoms with Gasteiger partial charge in [-0.1, -0.05) is 45.9 Å². The topological polar surface area (TPSA) is 150 Å². The van der Waals surface area contributed by atoms with E-state index in [1.165, 1.54) is 12.0 Å². The molecule has 1 aliphatic rings. The monoisotopic (exact) mass is 558 g/mol. The molecule has 3 rings (SSSR count). The summed E-state index contributed by atoms with van der Waals surface area (Å²) in [6, 6.07) is 6.18. The highest BCUT2D eigenvalue weighted by atomic mass is 16.5. The van der Waals surface area contributed by atoms with Gasteiger partial charge in [-0.05, 0) is 49.7 Å². The van der Waals surface area contributed by atoms with Crippen molar-refractivity contribution in [1.29, 1.82) is 0 Å². The number of para-hydroxylation sites is 1. The number of aliphatic hydroxyl groups is 1. The molecule has 1 fully saturated rings. The van der Waals surface area contributed by atoms with Gasteiger partial charge in [0.05, 0.1) is 25.8 Å². The van der Waals surface area contributed by atoms with E-state index in [2.05, 4.69) is 16.0 Å². The number of hydrogen-bond acceptors (Lipinski definition) is 7. The smallest absolute Gasteiger partial charge is 0.328 e. The van der Waals surface area contributed by atoms with E-state index < -0.39 is 48.0 Å². The van der Waals surface area contributed by atoms with Crippen molar-refractivity contribution in [3.05, 3.63) is 36.1 Å². The van der Waals surface area contributed by atoms with Crippen LogP contribution < -0.4 is 16.0 Å². The molecule has 2 aromatic rings. The number of nitrogens with zero attached hydrogens (tertiary/aromatic N) is 1. The lowest BCUT2D eigenvalue weighted by Crippen LogP contribution is -2.55. The molecule has 1 aliphatic heterocycles. The highest BCUT2D eigenvalue weighted by molar-refractivity contribution is 5.98. The Morgan fingerprint density at radius 2 is 1.73 bits per heavy atom. The first-order valence-electron chi connectivity index (χ1n) is 13.9. The van der Waals surface area contributed by atoms with Gasteiger partial charge < -0.3 is 35.1 Å². The van der Waals surface area contributed by atoms with Crippen LogP contribution >= 0.6 is 0 Å². The molecule has 4 atom stereocenters. The van der Waals surface area contributed by atoms with Crippen LogP contribution in [0.1, 0.15) is 63.9 Å². The van der Waals surface area contributed by atoms with Crippen molar-refractivity contribution < 1.29 is 33.4 Å². The van der Waals surface area contributed by atoms with E-state index in [9.17, 15) is 24.3 Å². The molecule has 2 unspecified atom stereocenters. The number of ether oxygens (including phenoxy) is 1. The van der Waals surface area contributed by atoms with Crippen LogP contribution in [0.2, 0.25) is 0 Å². The summed E-state index contributed by atoms with van der Waals surface area (Å²) in [4.78, 5) is 52.8. The van der Waals surface area contributed by atoms with Gasteiger partial charge in [-0.15, -0.1) is 0 Å². The summed E-state index contributed by atoms with van der Waals surface area (Å²) >= 11 is 0. The van der Waals surface area contributed by atoms with Crippen LogP contribution in [0.25, 0.3) is 11.0 Å². The average Bonchev–Trinajstić information content (AvgIpc) is 3.26. The Morgan fingerprint density at radius 3 is 2.38 bits per heavy atom. The number of rotatable bonds is 10.